The van der Waals surface area contributed by atoms with Crippen molar-refractivity contribution in [3.8, 4) is 77.9 Å². The summed E-state index contributed by atoms with van der Waals surface area (Å²) in [7, 11) is 0. The Labute approximate surface area is 504 Å². The molecule has 0 fully saturated rings. The van der Waals surface area contributed by atoms with Gasteiger partial charge in [0.1, 0.15) is 33.5 Å². The fraction of sp³-hybridized carbons (Fsp3) is 0. The molecule has 0 aliphatic rings. The Morgan fingerprint density at radius 2 is 0.726 bits per heavy atom. The molecule has 0 radical (unpaired) electrons. The minimum Gasteiger partial charge on any atom is -0.500 e. The third-order valence-electron chi connectivity index (χ3n) is 17.0. The molecule has 5 heterocycles. The molecule has 0 bridgehead atoms. The molecule has 0 spiro atoms. The summed E-state index contributed by atoms with van der Waals surface area (Å²) in [5.74, 6) is 0. The first-order valence-electron chi connectivity index (χ1n) is 28.0. The van der Waals surface area contributed by atoms with Crippen molar-refractivity contribution in [2.24, 2.45) is 0 Å². The van der Waals surface area contributed by atoms with Gasteiger partial charge in [-0.25, -0.2) is 5.56 Å². The molecule has 1 N–H and O–H groups in total. The van der Waals surface area contributed by atoms with E-state index in [1.54, 1.807) is 0 Å². The normalized spacial score (nSPS) is 12.0. The van der Waals surface area contributed by atoms with Gasteiger partial charge in [-0.3, -0.25) is 0 Å². The standard InChI is InChI=1S/C78H43NO4.U/c1-4-11-45(12-5-1)50-20-28-68-63(40-50)64-41-53(23-29-69(64)80-68)48-17-10-18-49(35-48)56-36-57(54-19-27-67-61(39-54)59-25-33-73-75(77(59)79-67)65-43-51(21-31-71(65)81-73)46-13-6-2-7-14-46)38-58(37-56)55-24-30-70-62(42-55)60-26-34-74-76(78(60)83-70)66-44-52(22-32-72(66)82-74)47-15-8-3-9-16-47;/h1-16,18-40,42-44,79H;/q-2;+2. The number of benzene rings is 13. The summed E-state index contributed by atoms with van der Waals surface area (Å²) in [6, 6.07) is 97.6. The van der Waals surface area contributed by atoms with Crippen molar-refractivity contribution < 1.29 is 48.8 Å². The van der Waals surface area contributed by atoms with Gasteiger partial charge in [-0.05, 0) is 164 Å². The number of aromatic amines is 1. The first-order valence-corrected chi connectivity index (χ1v) is 28.0. The molecule has 84 heavy (non-hydrogen) atoms. The molecule has 0 saturated heterocycles. The minimum atomic E-state index is 0. The predicted octanol–water partition coefficient (Wildman–Crippen LogP) is 22.2. The number of aromatic nitrogens is 1. The molecular weight excluding hydrogens is 1250 g/mol. The number of fused-ring (bicyclic) bond motifs is 17. The second-order valence-corrected chi connectivity index (χ2v) is 21.8. The zero-order chi connectivity index (χ0) is 54.3. The van der Waals surface area contributed by atoms with E-state index in [0.29, 0.717) is 0 Å². The summed E-state index contributed by atoms with van der Waals surface area (Å²) in [4.78, 5) is 3.83. The Balaban J connectivity index is 0.00000556. The summed E-state index contributed by atoms with van der Waals surface area (Å²) in [5.41, 5.74) is 24.0. The molecule has 0 aliphatic heterocycles. The van der Waals surface area contributed by atoms with Crippen LogP contribution in [0.5, 0.6) is 0 Å². The summed E-state index contributed by atoms with van der Waals surface area (Å²) in [6.07, 6.45) is 0. The number of nitrogens with one attached hydrogen (secondary N) is 1. The molecule has 0 amide bonds. The molecule has 18 aromatic rings. The van der Waals surface area contributed by atoms with Crippen LogP contribution in [0.15, 0.2) is 272 Å². The van der Waals surface area contributed by atoms with Gasteiger partial charge < -0.3 is 22.7 Å². The van der Waals surface area contributed by atoms with Crippen LogP contribution in [0.2, 0.25) is 0 Å². The quantitative estimate of drug-likeness (QED) is 0.162. The van der Waals surface area contributed by atoms with Gasteiger partial charge in [-0.1, -0.05) is 139 Å². The second kappa shape index (κ2) is 19.0. The SMILES string of the molecule is [U+2].[c-]1ccc(-c2cc(-c3ccc4[nH]c5c(ccc6oc7ccc(-c8ccccc8)cc7c65)c4c3)cc(-c3ccc4oc5c(ccc6oc7ccc(-c8ccccc8)cc7c65)c4c3)c2)cc1-c1[c-]c2c(cc1)oc1ccc(-c3ccccc3)cc12. The molecule has 6 heteroatoms. The minimum absolute atomic E-state index is 0. The van der Waals surface area contributed by atoms with Gasteiger partial charge in [0.15, 0.2) is 0 Å². The number of furan rings is 4. The summed E-state index contributed by atoms with van der Waals surface area (Å²) in [6.45, 7) is 0. The van der Waals surface area contributed by atoms with Crippen LogP contribution >= 0.6 is 0 Å². The monoisotopic (exact) mass is 1300 g/mol. The topological polar surface area (TPSA) is 68.3 Å². The first kappa shape index (κ1) is 48.6. The summed E-state index contributed by atoms with van der Waals surface area (Å²) >= 11 is 0. The predicted molar refractivity (Wildman–Crippen MR) is 341 cm³/mol. The Kier molecular flexibility index (Phi) is 11.0. The summed E-state index contributed by atoms with van der Waals surface area (Å²) in [5, 5.41) is 10.5. The van der Waals surface area contributed by atoms with Crippen LogP contribution in [0.25, 0.3) is 187 Å². The third kappa shape index (κ3) is 7.76. The molecule has 0 saturated carbocycles. The first-order chi connectivity index (χ1) is 41.0. The van der Waals surface area contributed by atoms with Gasteiger partial charge in [0.05, 0.1) is 27.5 Å². The van der Waals surface area contributed by atoms with Crippen molar-refractivity contribution in [1.29, 1.82) is 0 Å². The maximum atomic E-state index is 6.84. The Bertz CT molecular complexity index is 5430. The molecule has 0 aliphatic carbocycles. The third-order valence-corrected chi connectivity index (χ3v) is 17.0. The van der Waals surface area contributed by atoms with Crippen molar-refractivity contribution in [3.05, 3.63) is 267 Å². The largest absolute Gasteiger partial charge is 2.00 e. The van der Waals surface area contributed by atoms with Gasteiger partial charge in [0.25, 0.3) is 0 Å². The average Bonchev–Trinajstić information content (AvgIpc) is 4.19. The second-order valence-electron chi connectivity index (χ2n) is 21.8. The Hall–Kier alpha value is -10.1. The fourth-order valence-electron chi connectivity index (χ4n) is 12.9. The zero-order valence-electron chi connectivity index (χ0n) is 44.9. The average molecular weight is 1300 g/mol. The number of H-pyrrole nitrogens is 1. The Morgan fingerprint density at radius 1 is 0.274 bits per heavy atom. The fourth-order valence-corrected chi connectivity index (χ4v) is 12.9. The summed E-state index contributed by atoms with van der Waals surface area (Å²) < 4.78 is 26.2. The van der Waals surface area contributed by atoms with Crippen LogP contribution in [0, 0.1) is 43.2 Å². The van der Waals surface area contributed by atoms with Crippen molar-refractivity contribution in [2.45, 2.75) is 0 Å². The molecule has 18 rings (SSSR count). The molecule has 0 atom stereocenters. The maximum absolute atomic E-state index is 6.84. The number of rotatable bonds is 7. The van der Waals surface area contributed by atoms with Crippen LogP contribution in [0.3, 0.4) is 0 Å². The van der Waals surface area contributed by atoms with E-state index in [-0.39, 0.29) is 31.1 Å². The van der Waals surface area contributed by atoms with E-state index in [0.717, 1.165) is 182 Å². The maximum Gasteiger partial charge on any atom is 2.00 e. The molecule has 388 valence electrons. The molecular formula is C78H43NO4U. The van der Waals surface area contributed by atoms with E-state index in [4.69, 9.17) is 17.7 Å². The van der Waals surface area contributed by atoms with Crippen LogP contribution < -0.4 is 0 Å². The van der Waals surface area contributed by atoms with Crippen LogP contribution in [0.1, 0.15) is 0 Å². The van der Waals surface area contributed by atoms with Gasteiger partial charge in [0, 0.05) is 37.8 Å². The van der Waals surface area contributed by atoms with Crippen LogP contribution in [-0.4, -0.2) is 4.98 Å². The molecule has 5 aromatic heterocycles. The number of hydrogen-bond acceptors (Lipinski definition) is 4. The van der Waals surface area contributed by atoms with Crippen molar-refractivity contribution in [1.82, 2.24) is 4.98 Å². The van der Waals surface area contributed by atoms with E-state index in [2.05, 4.69) is 254 Å². The molecule has 5 nitrogen and oxygen atoms in total. The molecule has 13 aromatic carbocycles. The van der Waals surface area contributed by atoms with Crippen molar-refractivity contribution >= 4 is 110 Å². The van der Waals surface area contributed by atoms with E-state index in [1.807, 2.05) is 18.2 Å². The van der Waals surface area contributed by atoms with Gasteiger partial charge in [0.2, 0.25) is 0 Å². The van der Waals surface area contributed by atoms with Crippen LogP contribution in [-0.2, 0) is 0 Å². The van der Waals surface area contributed by atoms with Gasteiger partial charge in [-0.15, -0.1) is 11.6 Å². The number of hydrogen-bond donors (Lipinski definition) is 1. The van der Waals surface area contributed by atoms with E-state index in [9.17, 15) is 0 Å². The van der Waals surface area contributed by atoms with E-state index < -0.39 is 0 Å². The van der Waals surface area contributed by atoms with Crippen LogP contribution in [0.4, 0.5) is 0 Å². The zero-order valence-corrected chi connectivity index (χ0v) is 49.0. The van der Waals surface area contributed by atoms with E-state index >= 15 is 0 Å². The molecule has 0 unspecified atom stereocenters. The van der Waals surface area contributed by atoms with Crippen molar-refractivity contribution in [3.63, 3.8) is 0 Å². The van der Waals surface area contributed by atoms with Crippen molar-refractivity contribution in [2.75, 3.05) is 0 Å². The van der Waals surface area contributed by atoms with Gasteiger partial charge >= 0.3 is 31.1 Å². The smallest absolute Gasteiger partial charge is 0.500 e. The van der Waals surface area contributed by atoms with Gasteiger partial charge in [-0.2, -0.15) is 35.9 Å². The Morgan fingerprint density at radius 3 is 1.35 bits per heavy atom. The van der Waals surface area contributed by atoms with E-state index in [1.165, 1.54) is 5.56 Å².